The summed E-state index contributed by atoms with van der Waals surface area (Å²) in [6.45, 7) is 3.64. The summed E-state index contributed by atoms with van der Waals surface area (Å²) in [7, 11) is 1.95. The van der Waals surface area contributed by atoms with Crippen LogP contribution >= 0.6 is 0 Å². The predicted octanol–water partition coefficient (Wildman–Crippen LogP) is 1.98. The van der Waals surface area contributed by atoms with Crippen LogP contribution < -0.4 is 20.4 Å². The van der Waals surface area contributed by atoms with E-state index in [0.717, 1.165) is 25.9 Å². The quantitative estimate of drug-likeness (QED) is 0.838. The maximum Gasteiger partial charge on any atom is 0.341 e. The number of nitrogens with zero attached hydrogens (tertiary/aromatic N) is 2. The molecule has 1 spiro atoms. The third-order valence-electron chi connectivity index (χ3n) is 6.61. The summed E-state index contributed by atoms with van der Waals surface area (Å²) in [5.41, 5.74) is 0.00612. The molecule has 148 valence electrons. The lowest BCUT2D eigenvalue weighted by Gasteiger charge is -2.31. The molecule has 7 nitrogen and oxygen atoms in total. The van der Waals surface area contributed by atoms with E-state index in [1.54, 1.807) is 4.57 Å². The van der Waals surface area contributed by atoms with Crippen LogP contribution in [-0.4, -0.2) is 48.4 Å². The fourth-order valence-electron chi connectivity index (χ4n) is 4.95. The van der Waals surface area contributed by atoms with Gasteiger partial charge >= 0.3 is 5.97 Å². The summed E-state index contributed by atoms with van der Waals surface area (Å²) in [5, 5.41) is 12.7. The molecule has 2 unspecified atom stereocenters. The van der Waals surface area contributed by atoms with E-state index >= 15 is 4.39 Å². The molecule has 1 aromatic heterocycles. The zero-order valence-corrected chi connectivity index (χ0v) is 15.8. The molecule has 5 rings (SSSR count). The van der Waals surface area contributed by atoms with Crippen LogP contribution in [0.1, 0.15) is 36.2 Å². The van der Waals surface area contributed by atoms with Gasteiger partial charge in [-0.15, -0.1) is 0 Å². The molecule has 1 saturated heterocycles. The molecule has 2 fully saturated rings. The van der Waals surface area contributed by atoms with Crippen LogP contribution in [0, 0.1) is 11.2 Å². The highest BCUT2D eigenvalue weighted by Gasteiger charge is 2.57. The lowest BCUT2D eigenvalue weighted by molar-refractivity contribution is 0.0694. The number of benzene rings is 1. The first-order valence-corrected chi connectivity index (χ1v) is 9.56. The Kier molecular flexibility index (Phi) is 3.56. The van der Waals surface area contributed by atoms with E-state index in [2.05, 4.69) is 5.32 Å². The van der Waals surface area contributed by atoms with Gasteiger partial charge in [-0.1, -0.05) is 0 Å². The monoisotopic (exact) mass is 387 g/mol. The topological polar surface area (TPSA) is 83.8 Å². The summed E-state index contributed by atoms with van der Waals surface area (Å²) >= 11 is 0. The largest absolute Gasteiger partial charge is 0.487 e. The Hall–Kier alpha value is -2.61. The Balaban J connectivity index is 1.71. The molecular weight excluding hydrogens is 365 g/mol. The van der Waals surface area contributed by atoms with Crippen LogP contribution in [0.15, 0.2) is 17.1 Å². The van der Waals surface area contributed by atoms with E-state index in [-0.39, 0.29) is 22.4 Å². The van der Waals surface area contributed by atoms with Gasteiger partial charge in [0, 0.05) is 30.7 Å². The molecule has 3 heterocycles. The number of hydrogen-bond donors (Lipinski definition) is 2. The highest BCUT2D eigenvalue weighted by molar-refractivity contribution is 5.97. The van der Waals surface area contributed by atoms with Gasteiger partial charge in [0.25, 0.3) is 0 Å². The molecular formula is C20H22FN3O4. The number of ether oxygens (including phenoxy) is 1. The fourth-order valence-corrected chi connectivity index (χ4v) is 4.95. The Morgan fingerprint density at radius 1 is 1.46 bits per heavy atom. The third-order valence-corrected chi connectivity index (χ3v) is 6.61. The summed E-state index contributed by atoms with van der Waals surface area (Å²) in [6, 6.07) is 1.47. The molecule has 3 aliphatic rings. The van der Waals surface area contributed by atoms with Crippen molar-refractivity contribution in [1.82, 2.24) is 9.88 Å². The number of rotatable bonds is 3. The third kappa shape index (κ3) is 2.24. The molecule has 8 heteroatoms. The molecule has 0 radical (unpaired) electrons. The Labute approximate surface area is 160 Å². The zero-order valence-electron chi connectivity index (χ0n) is 15.8. The van der Waals surface area contributed by atoms with E-state index in [0.29, 0.717) is 29.6 Å². The summed E-state index contributed by atoms with van der Waals surface area (Å²) < 4.78 is 22.9. The highest BCUT2D eigenvalue weighted by Crippen LogP contribution is 2.55. The molecule has 1 saturated carbocycles. The van der Waals surface area contributed by atoms with E-state index in [1.807, 2.05) is 18.9 Å². The Morgan fingerprint density at radius 2 is 2.25 bits per heavy atom. The second-order valence-electron chi connectivity index (χ2n) is 8.26. The number of carbonyl (C=O) groups is 1. The van der Waals surface area contributed by atoms with Crippen molar-refractivity contribution in [3.05, 3.63) is 33.9 Å². The van der Waals surface area contributed by atoms with Crippen molar-refractivity contribution < 1.29 is 19.0 Å². The maximum absolute atomic E-state index is 15.2. The van der Waals surface area contributed by atoms with Crippen molar-refractivity contribution in [2.45, 2.75) is 31.8 Å². The zero-order chi connectivity index (χ0) is 19.8. The number of aromatic nitrogens is 1. The minimum Gasteiger partial charge on any atom is -0.487 e. The summed E-state index contributed by atoms with van der Waals surface area (Å²) in [4.78, 5) is 26.2. The number of halogens is 1. The standard InChI is InChI=1S/C20H22FN3O4/c1-10-8-28-18-15-11(17(25)12(19(26)27)7-24(10)15)5-13(21)16(18)23-4-3-20(9-23)6-14(20)22-2/h5,7,10,14,22H,3-4,6,8-9H2,1-2H3,(H,26,27)/t10-,14?,20?/m0/s1. The van der Waals surface area contributed by atoms with E-state index in [4.69, 9.17) is 4.74 Å². The van der Waals surface area contributed by atoms with Crippen LogP contribution in [0.5, 0.6) is 5.75 Å². The van der Waals surface area contributed by atoms with Crippen molar-refractivity contribution in [3.8, 4) is 5.75 Å². The first kappa shape index (κ1) is 17.5. The molecule has 0 amide bonds. The van der Waals surface area contributed by atoms with Crippen LogP contribution in [0.25, 0.3) is 10.9 Å². The SMILES string of the molecule is CNC1CC12CCN(c1c(F)cc3c(=O)c(C(=O)O)cn4c3c1OC[C@@H]4C)C2. The Bertz CT molecular complexity index is 1080. The first-order valence-electron chi connectivity index (χ1n) is 9.56. The smallest absolute Gasteiger partial charge is 0.341 e. The minimum atomic E-state index is -1.31. The van der Waals surface area contributed by atoms with Crippen LogP contribution in [0.2, 0.25) is 0 Å². The molecule has 28 heavy (non-hydrogen) atoms. The van der Waals surface area contributed by atoms with Gasteiger partial charge < -0.3 is 24.6 Å². The van der Waals surface area contributed by atoms with E-state index in [9.17, 15) is 14.7 Å². The molecule has 2 aromatic rings. The molecule has 3 atom stereocenters. The number of pyridine rings is 1. The summed E-state index contributed by atoms with van der Waals surface area (Å²) in [6.07, 6.45) is 3.42. The lowest BCUT2D eigenvalue weighted by atomic mass is 10.1. The van der Waals surface area contributed by atoms with Crippen LogP contribution in [0.4, 0.5) is 10.1 Å². The number of nitrogens with one attached hydrogen (secondary N) is 1. The van der Waals surface area contributed by atoms with Crippen LogP contribution in [-0.2, 0) is 0 Å². The van der Waals surface area contributed by atoms with Crippen molar-refractivity contribution in [2.75, 3.05) is 31.6 Å². The van der Waals surface area contributed by atoms with Gasteiger partial charge in [-0.2, -0.15) is 0 Å². The second-order valence-corrected chi connectivity index (χ2v) is 8.26. The van der Waals surface area contributed by atoms with Gasteiger partial charge in [0.1, 0.15) is 17.9 Å². The normalized spacial score (nSPS) is 28.0. The minimum absolute atomic E-state index is 0.0520. The Morgan fingerprint density at radius 3 is 2.93 bits per heavy atom. The van der Waals surface area contributed by atoms with Gasteiger partial charge in [0.05, 0.1) is 16.9 Å². The molecule has 1 aliphatic carbocycles. The van der Waals surface area contributed by atoms with Gasteiger partial charge in [-0.25, -0.2) is 9.18 Å². The maximum atomic E-state index is 15.2. The molecule has 1 aromatic carbocycles. The van der Waals surface area contributed by atoms with E-state index < -0.39 is 17.2 Å². The highest BCUT2D eigenvalue weighted by atomic mass is 19.1. The van der Waals surface area contributed by atoms with Crippen molar-refractivity contribution >= 4 is 22.6 Å². The average Bonchev–Trinajstić information content (AvgIpc) is 3.18. The molecule has 2 N–H and O–H groups in total. The number of aromatic carboxylic acids is 1. The van der Waals surface area contributed by atoms with Crippen LogP contribution in [0.3, 0.4) is 0 Å². The average molecular weight is 387 g/mol. The predicted molar refractivity (Wildman–Crippen MR) is 102 cm³/mol. The second kappa shape index (κ2) is 5.70. The first-order chi connectivity index (χ1) is 13.4. The lowest BCUT2D eigenvalue weighted by Crippen LogP contribution is -2.30. The number of carboxylic acids is 1. The van der Waals surface area contributed by atoms with Gasteiger partial charge in [-0.05, 0) is 32.9 Å². The number of hydrogen-bond acceptors (Lipinski definition) is 5. The van der Waals surface area contributed by atoms with E-state index in [1.165, 1.54) is 12.3 Å². The van der Waals surface area contributed by atoms with Gasteiger partial charge in [0.15, 0.2) is 11.6 Å². The molecule has 0 bridgehead atoms. The van der Waals surface area contributed by atoms with Gasteiger partial charge in [-0.3, -0.25) is 4.79 Å². The number of carboxylic acid groups (broad SMARTS) is 1. The van der Waals surface area contributed by atoms with Crippen molar-refractivity contribution in [1.29, 1.82) is 0 Å². The van der Waals surface area contributed by atoms with Crippen molar-refractivity contribution in [3.63, 3.8) is 0 Å². The number of anilines is 1. The van der Waals surface area contributed by atoms with Gasteiger partial charge in [0.2, 0.25) is 5.43 Å². The summed E-state index contributed by atoms with van der Waals surface area (Å²) in [5.74, 6) is -1.50. The fraction of sp³-hybridized carbons (Fsp3) is 0.500. The molecule has 2 aliphatic heterocycles. The van der Waals surface area contributed by atoms with Crippen molar-refractivity contribution in [2.24, 2.45) is 5.41 Å².